The van der Waals surface area contributed by atoms with E-state index in [1.165, 1.54) is 30.6 Å². The molecule has 1 saturated heterocycles. The van der Waals surface area contributed by atoms with Crippen molar-refractivity contribution in [2.75, 3.05) is 18.1 Å². The standard InChI is InChI=1S/C34H39FN4O7/c35-25-10-8-23(9-11-25)28(42)15-14-27-31(24-6-1-22(2-7-24)17-29(43)32(44)34(46,18-40)19-41)39(33(27)45)26-12-3-21(4-13-26)5-16-30-36-20-37-38-30/h1-4,6-13,20,27-29,31-32,40-44,46H,5,14-19H2,(H,36,37,38)/t27?,28-,29?,31+,32?/m0/s1. The number of carbonyl (C=O) groups excluding carboxylic acids is 1. The summed E-state index contributed by atoms with van der Waals surface area (Å²) in [5, 5.41) is 67.1. The van der Waals surface area contributed by atoms with Crippen molar-refractivity contribution in [1.29, 1.82) is 0 Å². The minimum atomic E-state index is -2.25. The smallest absolute Gasteiger partial charge is 0.233 e. The van der Waals surface area contributed by atoms with Gasteiger partial charge in [-0.3, -0.25) is 9.89 Å². The number of aryl methyl sites for hydroxylation is 2. The van der Waals surface area contributed by atoms with Crippen molar-refractivity contribution in [1.82, 2.24) is 15.2 Å². The van der Waals surface area contributed by atoms with Crippen molar-refractivity contribution < 1.29 is 39.8 Å². The minimum Gasteiger partial charge on any atom is -0.393 e. The van der Waals surface area contributed by atoms with Gasteiger partial charge in [-0.1, -0.05) is 48.5 Å². The molecule has 5 atom stereocenters. The summed E-state index contributed by atoms with van der Waals surface area (Å²) in [7, 11) is 0. The van der Waals surface area contributed by atoms with Crippen molar-refractivity contribution in [2.45, 2.75) is 62.1 Å². The number of nitrogens with one attached hydrogen (secondary N) is 1. The number of anilines is 1. The number of aliphatic hydroxyl groups is 6. The highest BCUT2D eigenvalue weighted by atomic mass is 19.1. The first kappa shape index (κ1) is 33.3. The first-order valence-electron chi connectivity index (χ1n) is 15.2. The van der Waals surface area contributed by atoms with Crippen LogP contribution in [-0.2, 0) is 24.1 Å². The summed E-state index contributed by atoms with van der Waals surface area (Å²) in [5.41, 5.74) is 1.58. The van der Waals surface area contributed by atoms with Gasteiger partial charge in [0.2, 0.25) is 5.91 Å². The molecule has 1 aromatic heterocycles. The van der Waals surface area contributed by atoms with E-state index in [0.717, 1.165) is 29.1 Å². The van der Waals surface area contributed by atoms with Crippen LogP contribution in [0.15, 0.2) is 79.1 Å². The van der Waals surface area contributed by atoms with E-state index in [0.29, 0.717) is 30.4 Å². The molecule has 0 bridgehead atoms. The summed E-state index contributed by atoms with van der Waals surface area (Å²) in [6.45, 7) is -1.85. The van der Waals surface area contributed by atoms with Crippen LogP contribution < -0.4 is 4.90 Å². The number of aliphatic hydroxyl groups excluding tert-OH is 5. The summed E-state index contributed by atoms with van der Waals surface area (Å²) >= 11 is 0. The van der Waals surface area contributed by atoms with Crippen LogP contribution in [-0.4, -0.2) is 82.8 Å². The molecule has 3 unspecified atom stereocenters. The van der Waals surface area contributed by atoms with Crippen LogP contribution in [0.3, 0.4) is 0 Å². The van der Waals surface area contributed by atoms with Gasteiger partial charge in [0.05, 0.1) is 37.4 Å². The molecule has 0 saturated carbocycles. The Hall–Kier alpha value is -4.04. The second kappa shape index (κ2) is 14.6. The zero-order chi connectivity index (χ0) is 32.8. The molecule has 0 radical (unpaired) electrons. The highest BCUT2D eigenvalue weighted by molar-refractivity contribution is 6.03. The highest BCUT2D eigenvalue weighted by Crippen LogP contribution is 2.46. The van der Waals surface area contributed by atoms with E-state index >= 15 is 0 Å². The van der Waals surface area contributed by atoms with Crippen LogP contribution in [0, 0.1) is 11.7 Å². The number of benzene rings is 3. The predicted octanol–water partition coefficient (Wildman–Crippen LogP) is 1.93. The first-order chi connectivity index (χ1) is 22.1. The van der Waals surface area contributed by atoms with Crippen LogP contribution in [0.2, 0.25) is 0 Å². The van der Waals surface area contributed by atoms with Gasteiger partial charge in [0, 0.05) is 18.5 Å². The number of carbonyl (C=O) groups is 1. The van der Waals surface area contributed by atoms with E-state index in [-0.39, 0.29) is 18.4 Å². The van der Waals surface area contributed by atoms with Crippen molar-refractivity contribution >= 4 is 11.6 Å². The van der Waals surface area contributed by atoms with Crippen molar-refractivity contribution in [3.05, 3.63) is 113 Å². The third-order valence-corrected chi connectivity index (χ3v) is 8.78. The Balaban J connectivity index is 1.32. The molecule has 0 aliphatic carbocycles. The molecule has 1 aliphatic rings. The molecule has 244 valence electrons. The Bertz CT molecular complexity index is 1550. The average molecular weight is 635 g/mol. The lowest BCUT2D eigenvalue weighted by molar-refractivity contribution is -0.164. The zero-order valence-electron chi connectivity index (χ0n) is 25.2. The number of hydrogen-bond acceptors (Lipinski definition) is 9. The molecule has 46 heavy (non-hydrogen) atoms. The third kappa shape index (κ3) is 7.33. The van der Waals surface area contributed by atoms with Crippen LogP contribution >= 0.6 is 0 Å². The van der Waals surface area contributed by atoms with E-state index in [1.807, 2.05) is 36.4 Å². The normalized spacial score (nSPS) is 18.7. The fraction of sp³-hybridized carbons (Fsp3) is 0.382. The molecule has 11 nitrogen and oxygen atoms in total. The Morgan fingerprint density at radius 3 is 2.15 bits per heavy atom. The molecule has 2 heterocycles. The van der Waals surface area contributed by atoms with Crippen LogP contribution in [0.5, 0.6) is 0 Å². The summed E-state index contributed by atoms with van der Waals surface area (Å²) in [4.78, 5) is 19.5. The zero-order valence-corrected chi connectivity index (χ0v) is 25.2. The second-order valence-electron chi connectivity index (χ2n) is 11.9. The Labute approximate surface area is 265 Å². The molecule has 4 aromatic rings. The first-order valence-corrected chi connectivity index (χ1v) is 15.2. The number of halogens is 1. The number of aromatic nitrogens is 3. The summed E-state index contributed by atoms with van der Waals surface area (Å²) in [6, 6.07) is 20.2. The molecule has 1 amide bonds. The Morgan fingerprint density at radius 1 is 0.891 bits per heavy atom. The highest BCUT2D eigenvalue weighted by Gasteiger charge is 2.48. The van der Waals surface area contributed by atoms with E-state index < -0.39 is 48.9 Å². The van der Waals surface area contributed by atoms with E-state index in [9.17, 15) is 39.8 Å². The summed E-state index contributed by atoms with van der Waals surface area (Å²) in [5.74, 6) is -0.118. The van der Waals surface area contributed by atoms with Crippen molar-refractivity contribution in [3.8, 4) is 0 Å². The summed E-state index contributed by atoms with van der Waals surface area (Å²) in [6.07, 6.45) is -0.562. The minimum absolute atomic E-state index is 0.0557. The Morgan fingerprint density at radius 2 is 1.54 bits per heavy atom. The van der Waals surface area contributed by atoms with Crippen molar-refractivity contribution in [2.24, 2.45) is 5.92 Å². The third-order valence-electron chi connectivity index (χ3n) is 8.78. The molecule has 5 rings (SSSR count). The molecule has 0 spiro atoms. The topological polar surface area (TPSA) is 183 Å². The molecule has 12 heteroatoms. The van der Waals surface area contributed by atoms with Crippen LogP contribution in [0.1, 0.15) is 53.1 Å². The maximum atomic E-state index is 13.6. The van der Waals surface area contributed by atoms with E-state index in [4.69, 9.17) is 0 Å². The fourth-order valence-electron chi connectivity index (χ4n) is 5.92. The number of amides is 1. The maximum Gasteiger partial charge on any atom is 0.233 e. The number of hydrogen-bond donors (Lipinski definition) is 7. The van der Waals surface area contributed by atoms with E-state index in [2.05, 4.69) is 15.2 Å². The predicted molar refractivity (Wildman–Crippen MR) is 166 cm³/mol. The molecule has 1 aliphatic heterocycles. The van der Waals surface area contributed by atoms with Gasteiger partial charge < -0.3 is 35.5 Å². The van der Waals surface area contributed by atoms with Gasteiger partial charge in [-0.25, -0.2) is 9.37 Å². The van der Waals surface area contributed by atoms with Gasteiger partial charge in [-0.2, -0.15) is 5.10 Å². The second-order valence-corrected chi connectivity index (χ2v) is 11.9. The number of nitrogens with zero attached hydrogens (tertiary/aromatic N) is 3. The largest absolute Gasteiger partial charge is 0.393 e. The molecule has 7 N–H and O–H groups in total. The fourth-order valence-corrected chi connectivity index (χ4v) is 5.92. The lowest BCUT2D eigenvalue weighted by atomic mass is 9.78. The van der Waals surface area contributed by atoms with Gasteiger partial charge in [0.25, 0.3) is 0 Å². The lowest BCUT2D eigenvalue weighted by Gasteiger charge is -2.48. The number of aromatic amines is 1. The molecule has 1 fully saturated rings. The summed E-state index contributed by atoms with van der Waals surface area (Å²) < 4.78 is 13.4. The van der Waals surface area contributed by atoms with Crippen LogP contribution in [0.25, 0.3) is 0 Å². The van der Waals surface area contributed by atoms with Gasteiger partial charge in [0.1, 0.15) is 29.7 Å². The van der Waals surface area contributed by atoms with Crippen LogP contribution in [0.4, 0.5) is 10.1 Å². The van der Waals surface area contributed by atoms with Gasteiger partial charge in [0.15, 0.2) is 0 Å². The van der Waals surface area contributed by atoms with Gasteiger partial charge in [-0.05, 0) is 65.8 Å². The van der Waals surface area contributed by atoms with Crippen molar-refractivity contribution in [3.63, 3.8) is 0 Å². The molecular weight excluding hydrogens is 595 g/mol. The molecular formula is C34H39FN4O7. The number of β-lactam (4-membered cyclic amide) rings is 1. The monoisotopic (exact) mass is 634 g/mol. The maximum absolute atomic E-state index is 13.6. The Kier molecular flexibility index (Phi) is 10.6. The lowest BCUT2D eigenvalue weighted by Crippen LogP contribution is -2.55. The average Bonchev–Trinajstić information content (AvgIpc) is 3.60. The quantitative estimate of drug-likeness (QED) is 0.0961. The number of rotatable bonds is 15. The number of H-pyrrole nitrogens is 1. The van der Waals surface area contributed by atoms with Gasteiger partial charge in [-0.15, -0.1) is 0 Å². The SMILES string of the molecule is O=C1C(CC[C@H](O)c2ccc(F)cc2)[C@@H](c2ccc(CC(O)C(O)C(O)(CO)CO)cc2)N1c1ccc(CCc2ncn[nH]2)cc1. The van der Waals surface area contributed by atoms with Gasteiger partial charge >= 0.3 is 0 Å². The molecule has 3 aromatic carbocycles. The van der Waals surface area contributed by atoms with E-state index in [1.54, 1.807) is 17.0 Å².